The molecular formula is C16H25ClFNO3. The van der Waals surface area contributed by atoms with Gasteiger partial charge in [-0.3, -0.25) is 4.79 Å². The van der Waals surface area contributed by atoms with Gasteiger partial charge in [-0.2, -0.15) is 0 Å². The molecule has 0 spiro atoms. The summed E-state index contributed by atoms with van der Waals surface area (Å²) in [6.45, 7) is 7.48. The van der Waals surface area contributed by atoms with E-state index >= 15 is 0 Å². The van der Waals surface area contributed by atoms with E-state index in [0.717, 1.165) is 0 Å². The number of carbonyl (C=O) groups excluding carboxylic acids is 1. The molecule has 0 saturated heterocycles. The Bertz CT molecular complexity index is 517. The minimum absolute atomic E-state index is 0. The highest BCUT2D eigenvalue weighted by Crippen LogP contribution is 2.35. The summed E-state index contributed by atoms with van der Waals surface area (Å²) in [7, 11) is 1.46. The van der Waals surface area contributed by atoms with E-state index in [1.165, 1.54) is 19.2 Å². The highest BCUT2D eigenvalue weighted by atomic mass is 35.5. The number of benzene rings is 1. The predicted molar refractivity (Wildman–Crippen MR) is 87.1 cm³/mol. The van der Waals surface area contributed by atoms with Crippen LogP contribution in [0.15, 0.2) is 18.2 Å². The molecule has 0 aliphatic carbocycles. The first-order valence-corrected chi connectivity index (χ1v) is 6.87. The Morgan fingerprint density at radius 1 is 1.27 bits per heavy atom. The smallest absolute Gasteiger partial charge is 0.307 e. The van der Waals surface area contributed by atoms with Crippen molar-refractivity contribution in [1.82, 2.24) is 0 Å². The molecule has 1 atom stereocenters. The predicted octanol–water partition coefficient (Wildman–Crippen LogP) is 3.20. The second-order valence-electron chi connectivity index (χ2n) is 6.37. The van der Waals surface area contributed by atoms with E-state index in [-0.39, 0.29) is 31.3 Å². The summed E-state index contributed by atoms with van der Waals surface area (Å²) in [4.78, 5) is 12.1. The Labute approximate surface area is 137 Å². The van der Waals surface area contributed by atoms with Gasteiger partial charge in [0.15, 0.2) is 0 Å². The van der Waals surface area contributed by atoms with Crippen molar-refractivity contribution in [2.24, 2.45) is 5.73 Å². The van der Waals surface area contributed by atoms with Crippen LogP contribution in [0.3, 0.4) is 0 Å². The van der Waals surface area contributed by atoms with Gasteiger partial charge in [-0.05, 0) is 26.8 Å². The lowest BCUT2D eigenvalue weighted by Crippen LogP contribution is -2.37. The average Bonchev–Trinajstić information content (AvgIpc) is 2.35. The van der Waals surface area contributed by atoms with Gasteiger partial charge in [-0.15, -0.1) is 12.4 Å². The Hall–Kier alpha value is -1.33. The van der Waals surface area contributed by atoms with Crippen molar-refractivity contribution >= 4 is 18.4 Å². The number of esters is 1. The Morgan fingerprint density at radius 3 is 2.32 bits per heavy atom. The van der Waals surface area contributed by atoms with Crippen LogP contribution in [0.4, 0.5) is 4.39 Å². The zero-order valence-electron chi connectivity index (χ0n) is 13.7. The maximum absolute atomic E-state index is 13.3. The molecule has 4 nitrogen and oxygen atoms in total. The molecule has 1 aromatic rings. The number of hydrogen-bond donors (Lipinski definition) is 1. The van der Waals surface area contributed by atoms with Gasteiger partial charge >= 0.3 is 5.97 Å². The lowest BCUT2D eigenvalue weighted by molar-refractivity contribution is -0.156. The first-order valence-electron chi connectivity index (χ1n) is 6.87. The SMILES string of the molecule is COc1cc(F)ccc1C(C)(CN)CC(=O)OC(C)(C)C.Cl. The van der Waals surface area contributed by atoms with E-state index in [0.29, 0.717) is 11.3 Å². The molecule has 6 heteroatoms. The fourth-order valence-electron chi connectivity index (χ4n) is 2.14. The molecule has 0 bridgehead atoms. The van der Waals surface area contributed by atoms with Crippen LogP contribution in [-0.2, 0) is 14.9 Å². The summed E-state index contributed by atoms with van der Waals surface area (Å²) in [6, 6.07) is 4.23. The standard InChI is InChI=1S/C16H24FNO3.ClH/c1-15(2,3)21-14(19)9-16(4,10-18)12-7-6-11(17)8-13(12)20-5;/h6-8H,9-10,18H2,1-5H3;1H. The average molecular weight is 334 g/mol. The van der Waals surface area contributed by atoms with Crippen molar-refractivity contribution in [3.63, 3.8) is 0 Å². The molecule has 0 saturated carbocycles. The summed E-state index contributed by atoms with van der Waals surface area (Å²) in [6.07, 6.45) is 0.1000. The third-order valence-electron chi connectivity index (χ3n) is 3.22. The zero-order valence-corrected chi connectivity index (χ0v) is 14.6. The molecule has 126 valence electrons. The van der Waals surface area contributed by atoms with E-state index in [2.05, 4.69) is 0 Å². The van der Waals surface area contributed by atoms with E-state index in [1.807, 2.05) is 27.7 Å². The second kappa shape index (κ2) is 7.79. The molecule has 0 aromatic heterocycles. The molecule has 1 aromatic carbocycles. The molecule has 0 radical (unpaired) electrons. The van der Waals surface area contributed by atoms with Gasteiger partial charge in [-0.25, -0.2) is 4.39 Å². The van der Waals surface area contributed by atoms with Crippen LogP contribution in [0, 0.1) is 5.82 Å². The summed E-state index contributed by atoms with van der Waals surface area (Å²) in [5.74, 6) is -0.361. The monoisotopic (exact) mass is 333 g/mol. The van der Waals surface area contributed by atoms with Crippen molar-refractivity contribution < 1.29 is 18.7 Å². The summed E-state index contributed by atoms with van der Waals surface area (Å²) >= 11 is 0. The summed E-state index contributed by atoms with van der Waals surface area (Å²) in [5.41, 5.74) is 5.31. The highest BCUT2D eigenvalue weighted by Gasteiger charge is 2.33. The maximum atomic E-state index is 13.3. The van der Waals surface area contributed by atoms with Gasteiger partial charge in [0.2, 0.25) is 0 Å². The highest BCUT2D eigenvalue weighted by molar-refractivity contribution is 5.85. The van der Waals surface area contributed by atoms with E-state index < -0.39 is 16.8 Å². The number of rotatable bonds is 5. The number of hydrogen-bond acceptors (Lipinski definition) is 4. The first-order chi connectivity index (χ1) is 9.61. The minimum atomic E-state index is -0.679. The van der Waals surface area contributed by atoms with E-state index in [9.17, 15) is 9.18 Å². The molecule has 2 N–H and O–H groups in total. The number of carbonyl (C=O) groups is 1. The molecule has 22 heavy (non-hydrogen) atoms. The van der Waals surface area contributed by atoms with Crippen molar-refractivity contribution in [2.45, 2.75) is 45.1 Å². The number of halogens is 2. The Kier molecular flexibility index (Phi) is 7.32. The quantitative estimate of drug-likeness (QED) is 0.840. The van der Waals surface area contributed by atoms with Gasteiger partial charge in [0, 0.05) is 23.6 Å². The van der Waals surface area contributed by atoms with Crippen molar-refractivity contribution in [1.29, 1.82) is 0 Å². The molecule has 0 heterocycles. The molecule has 0 amide bonds. The van der Waals surface area contributed by atoms with E-state index in [1.54, 1.807) is 6.07 Å². The van der Waals surface area contributed by atoms with Crippen LogP contribution in [0.5, 0.6) is 5.75 Å². The maximum Gasteiger partial charge on any atom is 0.307 e. The molecule has 1 rings (SSSR count). The van der Waals surface area contributed by atoms with Crippen LogP contribution >= 0.6 is 12.4 Å². The largest absolute Gasteiger partial charge is 0.496 e. The molecule has 0 aliphatic rings. The molecular weight excluding hydrogens is 309 g/mol. The van der Waals surface area contributed by atoms with Crippen LogP contribution in [0.1, 0.15) is 39.7 Å². The summed E-state index contributed by atoms with van der Waals surface area (Å²) in [5, 5.41) is 0. The first kappa shape index (κ1) is 20.7. The Balaban J connectivity index is 0.00000441. The molecule has 1 unspecified atom stereocenters. The lowest BCUT2D eigenvalue weighted by Gasteiger charge is -2.30. The van der Waals surface area contributed by atoms with Crippen molar-refractivity contribution in [2.75, 3.05) is 13.7 Å². The zero-order chi connectivity index (χ0) is 16.3. The van der Waals surface area contributed by atoms with Crippen molar-refractivity contribution in [3.8, 4) is 5.75 Å². The third-order valence-corrected chi connectivity index (χ3v) is 3.22. The van der Waals surface area contributed by atoms with Crippen LogP contribution in [-0.4, -0.2) is 25.2 Å². The van der Waals surface area contributed by atoms with Gasteiger partial charge in [0.05, 0.1) is 13.5 Å². The van der Waals surface area contributed by atoms with Gasteiger partial charge < -0.3 is 15.2 Å². The Morgan fingerprint density at radius 2 is 1.86 bits per heavy atom. The van der Waals surface area contributed by atoms with Crippen LogP contribution in [0.2, 0.25) is 0 Å². The van der Waals surface area contributed by atoms with Gasteiger partial charge in [0.1, 0.15) is 17.2 Å². The number of methoxy groups -OCH3 is 1. The second-order valence-corrected chi connectivity index (χ2v) is 6.37. The van der Waals surface area contributed by atoms with Gasteiger partial charge in [-0.1, -0.05) is 13.0 Å². The topological polar surface area (TPSA) is 61.5 Å². The van der Waals surface area contributed by atoms with Crippen LogP contribution in [0.25, 0.3) is 0 Å². The number of nitrogens with two attached hydrogens (primary N) is 1. The lowest BCUT2D eigenvalue weighted by atomic mass is 9.79. The summed E-state index contributed by atoms with van der Waals surface area (Å²) < 4.78 is 23.9. The van der Waals surface area contributed by atoms with Crippen molar-refractivity contribution in [3.05, 3.63) is 29.6 Å². The van der Waals surface area contributed by atoms with Crippen LogP contribution < -0.4 is 10.5 Å². The fraction of sp³-hybridized carbons (Fsp3) is 0.562. The minimum Gasteiger partial charge on any atom is -0.496 e. The molecule has 0 fully saturated rings. The normalized spacial score (nSPS) is 13.8. The number of ether oxygens (including phenoxy) is 2. The van der Waals surface area contributed by atoms with E-state index in [4.69, 9.17) is 15.2 Å². The molecule has 0 aliphatic heterocycles. The fourth-order valence-corrected chi connectivity index (χ4v) is 2.14. The third kappa shape index (κ3) is 5.46. The van der Waals surface area contributed by atoms with Gasteiger partial charge in [0.25, 0.3) is 0 Å².